The van der Waals surface area contributed by atoms with Crippen LogP contribution in [0.25, 0.3) is 23.0 Å². The molecule has 1 fully saturated rings. The number of rotatable bonds is 7. The van der Waals surface area contributed by atoms with Gasteiger partial charge in [-0.25, -0.2) is 4.98 Å². The van der Waals surface area contributed by atoms with Crippen molar-refractivity contribution >= 4 is 5.82 Å². The van der Waals surface area contributed by atoms with Crippen LogP contribution in [0.4, 0.5) is 19.0 Å². The lowest BCUT2D eigenvalue weighted by Crippen LogP contribution is -2.37. The summed E-state index contributed by atoms with van der Waals surface area (Å²) in [7, 11) is 1.75. The summed E-state index contributed by atoms with van der Waals surface area (Å²) in [6, 6.07) is 11.1. The highest BCUT2D eigenvalue weighted by atomic mass is 19.4. The smallest absolute Gasteiger partial charge is 0.406 e. The Morgan fingerprint density at radius 1 is 1.08 bits per heavy atom. The maximum absolute atomic E-state index is 12.4. The number of benzene rings is 1. The second kappa shape index (κ2) is 10.2. The average molecular weight is 515 g/mol. The second-order valence-corrected chi connectivity index (χ2v) is 8.77. The van der Waals surface area contributed by atoms with Gasteiger partial charge < -0.3 is 18.9 Å². The van der Waals surface area contributed by atoms with Crippen LogP contribution >= 0.6 is 0 Å². The number of aryl methyl sites for hydroxylation is 1. The number of halogens is 3. The van der Waals surface area contributed by atoms with Gasteiger partial charge in [-0.1, -0.05) is 5.16 Å². The topological polar surface area (TPSA) is 91.3 Å². The normalized spacial score (nSPS) is 14.8. The summed E-state index contributed by atoms with van der Waals surface area (Å²) >= 11 is 0. The van der Waals surface area contributed by atoms with Crippen molar-refractivity contribution in [3.8, 4) is 28.7 Å². The van der Waals surface area contributed by atoms with E-state index < -0.39 is 6.36 Å². The van der Waals surface area contributed by atoms with Crippen LogP contribution in [0.5, 0.6) is 5.75 Å². The zero-order chi connectivity index (χ0) is 26.0. The molecule has 0 atom stereocenters. The highest BCUT2D eigenvalue weighted by Crippen LogP contribution is 2.27. The van der Waals surface area contributed by atoms with Crippen LogP contribution in [0.3, 0.4) is 0 Å². The molecule has 0 N–H and O–H groups in total. The molecule has 37 heavy (non-hydrogen) atoms. The first-order valence-electron chi connectivity index (χ1n) is 11.7. The van der Waals surface area contributed by atoms with E-state index in [0.29, 0.717) is 23.9 Å². The fraction of sp³-hybridized carbons (Fsp3) is 0.360. The van der Waals surface area contributed by atoms with Gasteiger partial charge in [-0.3, -0.25) is 4.68 Å². The van der Waals surface area contributed by atoms with E-state index in [1.165, 1.54) is 24.3 Å². The maximum atomic E-state index is 12.4. The third kappa shape index (κ3) is 5.91. The predicted molar refractivity (Wildman–Crippen MR) is 128 cm³/mol. The van der Waals surface area contributed by atoms with E-state index in [4.69, 9.17) is 9.26 Å². The van der Waals surface area contributed by atoms with Crippen LogP contribution in [0.2, 0.25) is 0 Å². The van der Waals surface area contributed by atoms with E-state index in [1.54, 1.807) is 7.11 Å². The molecule has 0 bridgehead atoms. The van der Waals surface area contributed by atoms with Crippen LogP contribution < -0.4 is 9.64 Å². The van der Waals surface area contributed by atoms with Crippen molar-refractivity contribution in [1.29, 1.82) is 0 Å². The molecular formula is C25H25F3N6O3. The molecule has 194 valence electrons. The van der Waals surface area contributed by atoms with Crippen molar-refractivity contribution in [3.05, 3.63) is 59.9 Å². The molecule has 0 amide bonds. The van der Waals surface area contributed by atoms with E-state index in [1.807, 2.05) is 29.9 Å². The summed E-state index contributed by atoms with van der Waals surface area (Å²) in [5.74, 6) is 1.05. The molecule has 5 rings (SSSR count). The molecule has 0 radical (unpaired) electrons. The molecule has 1 aliphatic rings. The minimum atomic E-state index is -4.75. The van der Waals surface area contributed by atoms with Crippen LogP contribution in [0, 0.1) is 6.92 Å². The van der Waals surface area contributed by atoms with Crippen molar-refractivity contribution in [2.45, 2.75) is 38.8 Å². The summed E-state index contributed by atoms with van der Waals surface area (Å²) < 4.78 is 53.7. The van der Waals surface area contributed by atoms with Gasteiger partial charge in [0.15, 0.2) is 5.69 Å². The van der Waals surface area contributed by atoms with Crippen LogP contribution in [-0.2, 0) is 11.3 Å². The number of pyridine rings is 1. The quantitative estimate of drug-likeness (QED) is 0.345. The number of anilines is 1. The Morgan fingerprint density at radius 3 is 2.54 bits per heavy atom. The molecule has 0 spiro atoms. The Morgan fingerprint density at radius 2 is 1.84 bits per heavy atom. The number of ether oxygens (including phenoxy) is 2. The molecule has 0 saturated carbocycles. The molecule has 1 aliphatic heterocycles. The zero-order valence-electron chi connectivity index (χ0n) is 20.3. The van der Waals surface area contributed by atoms with Crippen molar-refractivity contribution < 1.29 is 27.2 Å². The Labute approximate surface area is 210 Å². The summed E-state index contributed by atoms with van der Waals surface area (Å²) in [6.07, 6.45) is -0.695. The van der Waals surface area contributed by atoms with Crippen LogP contribution in [0.15, 0.2) is 53.2 Å². The second-order valence-electron chi connectivity index (χ2n) is 8.77. The van der Waals surface area contributed by atoms with E-state index >= 15 is 0 Å². The molecule has 9 nitrogen and oxygen atoms in total. The first-order valence-corrected chi connectivity index (χ1v) is 11.7. The average Bonchev–Trinajstić information content (AvgIpc) is 3.51. The van der Waals surface area contributed by atoms with Crippen LogP contribution in [-0.4, -0.2) is 57.6 Å². The van der Waals surface area contributed by atoms with Crippen molar-refractivity contribution in [3.63, 3.8) is 0 Å². The highest BCUT2D eigenvalue weighted by Gasteiger charge is 2.31. The van der Waals surface area contributed by atoms with Gasteiger partial charge in [0.25, 0.3) is 5.89 Å². The Balaban J connectivity index is 1.28. The summed E-state index contributed by atoms with van der Waals surface area (Å²) in [6.45, 7) is 4.28. The summed E-state index contributed by atoms with van der Waals surface area (Å²) in [5.41, 5.74) is 2.95. The van der Waals surface area contributed by atoms with Gasteiger partial charge in [-0.05, 0) is 67.8 Å². The zero-order valence-corrected chi connectivity index (χ0v) is 20.3. The molecule has 1 saturated heterocycles. The number of alkyl halides is 3. The van der Waals surface area contributed by atoms with Gasteiger partial charge >= 0.3 is 6.36 Å². The molecule has 3 aromatic heterocycles. The summed E-state index contributed by atoms with van der Waals surface area (Å²) in [4.78, 5) is 11.2. The highest BCUT2D eigenvalue weighted by molar-refractivity contribution is 5.59. The fourth-order valence-corrected chi connectivity index (χ4v) is 4.25. The first kappa shape index (κ1) is 24.8. The molecule has 0 aliphatic carbocycles. The van der Waals surface area contributed by atoms with Gasteiger partial charge in [0.05, 0.1) is 12.6 Å². The molecule has 0 unspecified atom stereocenters. The maximum Gasteiger partial charge on any atom is 0.573 e. The Hall–Kier alpha value is -3.93. The molecule has 4 aromatic rings. The summed E-state index contributed by atoms with van der Waals surface area (Å²) in [5, 5.41) is 8.57. The number of nitrogens with zero attached hydrogens (tertiary/aromatic N) is 6. The lowest BCUT2D eigenvalue weighted by molar-refractivity contribution is -0.274. The lowest BCUT2D eigenvalue weighted by Gasteiger charge is -2.32. The number of hydrogen-bond donors (Lipinski definition) is 0. The van der Waals surface area contributed by atoms with Gasteiger partial charge in [-0.2, -0.15) is 10.1 Å². The third-order valence-corrected chi connectivity index (χ3v) is 6.21. The number of methoxy groups -OCH3 is 1. The van der Waals surface area contributed by atoms with Crippen molar-refractivity contribution in [2.75, 3.05) is 25.1 Å². The van der Waals surface area contributed by atoms with Gasteiger partial charge in [0, 0.05) is 37.7 Å². The molecule has 4 heterocycles. The SMILES string of the molecule is COC1CCN(c2cc(Cn3nc(-c4nc(-c5ccc(OC(F)(F)F)cc5)no4)cc3C)ccn2)CC1. The first-order chi connectivity index (χ1) is 17.8. The lowest BCUT2D eigenvalue weighted by atomic mass is 10.1. The monoisotopic (exact) mass is 514 g/mol. The molecule has 12 heteroatoms. The van der Waals surface area contributed by atoms with Crippen molar-refractivity contribution in [1.82, 2.24) is 24.9 Å². The van der Waals surface area contributed by atoms with Gasteiger partial charge in [-0.15, -0.1) is 13.2 Å². The van der Waals surface area contributed by atoms with E-state index in [9.17, 15) is 13.2 Å². The standard InChI is InChI=1S/C25H25F3N6O3/c1-16-13-21(24-30-23(32-37-24)18-3-5-20(6-4-18)36-25(26,27)28)31-34(16)15-17-7-10-29-22(14-17)33-11-8-19(35-2)9-12-33/h3-7,10,13-14,19H,8-9,11-12,15H2,1-2H3. The Bertz CT molecular complexity index is 1340. The molecule has 1 aromatic carbocycles. The minimum Gasteiger partial charge on any atom is -0.406 e. The van der Waals surface area contributed by atoms with E-state index in [-0.39, 0.29) is 17.5 Å². The Kier molecular flexibility index (Phi) is 6.83. The van der Waals surface area contributed by atoms with E-state index in [0.717, 1.165) is 43.0 Å². The largest absolute Gasteiger partial charge is 0.573 e. The fourth-order valence-electron chi connectivity index (χ4n) is 4.25. The van der Waals surface area contributed by atoms with Gasteiger partial charge in [0.2, 0.25) is 5.82 Å². The van der Waals surface area contributed by atoms with E-state index in [2.05, 4.69) is 35.9 Å². The number of hydrogen-bond acceptors (Lipinski definition) is 8. The minimum absolute atomic E-state index is 0.212. The van der Waals surface area contributed by atoms with Crippen LogP contribution in [0.1, 0.15) is 24.1 Å². The van der Waals surface area contributed by atoms with Crippen molar-refractivity contribution in [2.24, 2.45) is 0 Å². The number of aromatic nitrogens is 5. The third-order valence-electron chi connectivity index (χ3n) is 6.21. The predicted octanol–water partition coefficient (Wildman–Crippen LogP) is 4.87. The van der Waals surface area contributed by atoms with Gasteiger partial charge in [0.1, 0.15) is 11.6 Å². The number of piperidine rings is 1. The molecular weight excluding hydrogens is 489 g/mol.